The average Bonchev–Trinajstić information content (AvgIpc) is 2.65. The van der Waals surface area contributed by atoms with Crippen molar-refractivity contribution in [3.05, 3.63) is 82.9 Å². The lowest BCUT2D eigenvalue weighted by Crippen LogP contribution is -2.15. The summed E-state index contributed by atoms with van der Waals surface area (Å²) < 4.78 is 33.6. The van der Waals surface area contributed by atoms with E-state index in [9.17, 15) is 18.4 Å². The maximum absolute atomic E-state index is 14.5. The van der Waals surface area contributed by atoms with Crippen LogP contribution in [0.1, 0.15) is 10.4 Å². The number of rotatable bonds is 5. The number of para-hydroxylation sites is 1. The van der Waals surface area contributed by atoms with Gasteiger partial charge in [-0.3, -0.25) is 9.59 Å². The molecular weight excluding hydrogens is 376 g/mol. The van der Waals surface area contributed by atoms with Crippen molar-refractivity contribution in [1.29, 1.82) is 0 Å². The molecule has 27 heavy (non-hydrogen) atoms. The highest BCUT2D eigenvalue weighted by molar-refractivity contribution is 6.33. The lowest BCUT2D eigenvalue weighted by molar-refractivity contribution is -0.120. The molecule has 0 aliphatic rings. The highest BCUT2D eigenvalue weighted by Gasteiger charge is 2.19. The van der Waals surface area contributed by atoms with Gasteiger partial charge in [0.25, 0.3) is 12.4 Å². The van der Waals surface area contributed by atoms with Crippen LogP contribution >= 0.6 is 11.6 Å². The van der Waals surface area contributed by atoms with Crippen LogP contribution in [0.15, 0.2) is 60.7 Å². The Balaban J connectivity index is 1.94. The molecule has 0 aliphatic carbocycles. The SMILES string of the molecule is O=COc1ccccc1C(=O)Nc1c(F)cc(-c2ccccc2Cl)cc1F. The molecule has 1 amide bonds. The standard InChI is InChI=1S/C20H12ClF2NO3/c21-15-7-3-1-5-13(15)12-9-16(22)19(17(23)10-12)24-20(26)14-6-2-4-8-18(14)27-11-25/h1-11H,(H,24,26). The van der Waals surface area contributed by atoms with Crippen molar-refractivity contribution in [1.82, 2.24) is 0 Å². The van der Waals surface area contributed by atoms with E-state index in [2.05, 4.69) is 5.32 Å². The molecule has 0 aromatic heterocycles. The summed E-state index contributed by atoms with van der Waals surface area (Å²) in [6.45, 7) is 0.158. The van der Waals surface area contributed by atoms with E-state index in [1.54, 1.807) is 30.3 Å². The predicted molar refractivity (Wildman–Crippen MR) is 97.9 cm³/mol. The molecule has 0 fully saturated rings. The van der Waals surface area contributed by atoms with Crippen molar-refractivity contribution >= 4 is 29.7 Å². The molecule has 0 radical (unpaired) electrons. The van der Waals surface area contributed by atoms with Crippen LogP contribution in [-0.2, 0) is 4.79 Å². The number of carbonyl (C=O) groups excluding carboxylic acids is 2. The van der Waals surface area contributed by atoms with Gasteiger partial charge in [-0.05, 0) is 35.9 Å². The monoisotopic (exact) mass is 387 g/mol. The third kappa shape index (κ3) is 3.96. The van der Waals surface area contributed by atoms with E-state index < -0.39 is 23.2 Å². The quantitative estimate of drug-likeness (QED) is 0.622. The van der Waals surface area contributed by atoms with Crippen molar-refractivity contribution < 1.29 is 23.1 Å². The van der Waals surface area contributed by atoms with E-state index in [0.29, 0.717) is 10.6 Å². The lowest BCUT2D eigenvalue weighted by atomic mass is 10.0. The van der Waals surface area contributed by atoms with E-state index in [0.717, 1.165) is 12.1 Å². The highest BCUT2D eigenvalue weighted by atomic mass is 35.5. The fourth-order valence-corrected chi connectivity index (χ4v) is 2.78. The average molecular weight is 388 g/mol. The van der Waals surface area contributed by atoms with Gasteiger partial charge in [0.1, 0.15) is 23.1 Å². The number of nitrogens with one attached hydrogen (secondary N) is 1. The number of amides is 1. The molecule has 0 atom stereocenters. The first-order valence-electron chi connectivity index (χ1n) is 7.76. The molecule has 0 saturated heterocycles. The Hall–Kier alpha value is -3.25. The molecule has 1 N–H and O–H groups in total. The van der Waals surface area contributed by atoms with Crippen molar-refractivity contribution in [2.45, 2.75) is 0 Å². The maximum Gasteiger partial charge on any atom is 0.298 e. The molecule has 4 nitrogen and oxygen atoms in total. The van der Waals surface area contributed by atoms with Crippen LogP contribution < -0.4 is 10.1 Å². The fraction of sp³-hybridized carbons (Fsp3) is 0. The molecule has 3 aromatic rings. The van der Waals surface area contributed by atoms with E-state index in [1.807, 2.05) is 0 Å². The minimum atomic E-state index is -0.966. The third-order valence-electron chi connectivity index (χ3n) is 3.77. The lowest BCUT2D eigenvalue weighted by Gasteiger charge is -2.12. The van der Waals surface area contributed by atoms with Gasteiger partial charge >= 0.3 is 0 Å². The zero-order valence-electron chi connectivity index (χ0n) is 13.7. The van der Waals surface area contributed by atoms with Crippen LogP contribution in [0.3, 0.4) is 0 Å². The number of ether oxygens (including phenoxy) is 1. The number of hydrogen-bond donors (Lipinski definition) is 1. The molecule has 0 aliphatic heterocycles. The first-order valence-corrected chi connectivity index (χ1v) is 8.13. The van der Waals surface area contributed by atoms with Gasteiger partial charge in [-0.2, -0.15) is 0 Å². The van der Waals surface area contributed by atoms with Crippen molar-refractivity contribution in [3.63, 3.8) is 0 Å². The minimum Gasteiger partial charge on any atom is -0.428 e. The summed E-state index contributed by atoms with van der Waals surface area (Å²) in [4.78, 5) is 22.9. The molecular formula is C20H12ClF2NO3. The highest BCUT2D eigenvalue weighted by Crippen LogP contribution is 2.32. The molecule has 0 heterocycles. The first kappa shape index (κ1) is 18.5. The zero-order chi connectivity index (χ0) is 19.4. The van der Waals surface area contributed by atoms with Crippen LogP contribution in [0.5, 0.6) is 5.75 Å². The van der Waals surface area contributed by atoms with Crippen molar-refractivity contribution in [3.8, 4) is 16.9 Å². The Labute approximate surface area is 158 Å². The van der Waals surface area contributed by atoms with Crippen molar-refractivity contribution in [2.24, 2.45) is 0 Å². The Kier molecular flexibility index (Phi) is 5.47. The van der Waals surface area contributed by atoms with Gasteiger partial charge in [0.15, 0.2) is 0 Å². The molecule has 0 bridgehead atoms. The maximum atomic E-state index is 14.5. The Bertz CT molecular complexity index is 1000. The van der Waals surface area contributed by atoms with Crippen molar-refractivity contribution in [2.75, 3.05) is 5.32 Å². The van der Waals surface area contributed by atoms with Gasteiger partial charge in [0.2, 0.25) is 0 Å². The second kappa shape index (κ2) is 7.97. The fourth-order valence-electron chi connectivity index (χ4n) is 2.53. The van der Waals surface area contributed by atoms with Crippen LogP contribution in [0.4, 0.5) is 14.5 Å². The van der Waals surface area contributed by atoms with Gasteiger partial charge in [0, 0.05) is 10.6 Å². The largest absolute Gasteiger partial charge is 0.428 e. The number of benzene rings is 3. The van der Waals surface area contributed by atoms with Gasteiger partial charge in [-0.1, -0.05) is 41.9 Å². The van der Waals surface area contributed by atoms with E-state index >= 15 is 0 Å². The number of halogens is 3. The van der Waals surface area contributed by atoms with E-state index in [1.165, 1.54) is 18.2 Å². The molecule has 3 rings (SSSR count). The molecule has 0 unspecified atom stereocenters. The summed E-state index contributed by atoms with van der Waals surface area (Å²) in [5.74, 6) is -2.78. The Morgan fingerprint density at radius 3 is 2.30 bits per heavy atom. The van der Waals surface area contributed by atoms with Gasteiger partial charge < -0.3 is 10.1 Å². The topological polar surface area (TPSA) is 55.4 Å². The smallest absolute Gasteiger partial charge is 0.298 e. The van der Waals surface area contributed by atoms with Gasteiger partial charge in [-0.25, -0.2) is 8.78 Å². The van der Waals surface area contributed by atoms with Crippen LogP contribution in [0, 0.1) is 11.6 Å². The summed E-state index contributed by atoms with van der Waals surface area (Å²) in [5.41, 5.74) is 0.0353. The summed E-state index contributed by atoms with van der Waals surface area (Å²) in [6, 6.07) is 14.6. The predicted octanol–water partition coefficient (Wildman–Crippen LogP) is 5.07. The molecule has 136 valence electrons. The number of anilines is 1. The minimum absolute atomic E-state index is 0.0292. The molecule has 0 spiro atoms. The second-order valence-electron chi connectivity index (χ2n) is 5.46. The molecule has 3 aromatic carbocycles. The second-order valence-corrected chi connectivity index (χ2v) is 5.87. The zero-order valence-corrected chi connectivity index (χ0v) is 14.5. The van der Waals surface area contributed by atoms with E-state index in [4.69, 9.17) is 16.3 Å². The van der Waals surface area contributed by atoms with Crippen LogP contribution in [0.2, 0.25) is 5.02 Å². The molecule has 7 heteroatoms. The van der Waals surface area contributed by atoms with E-state index in [-0.39, 0.29) is 23.3 Å². The first-order chi connectivity index (χ1) is 13.0. The normalized spacial score (nSPS) is 10.3. The summed E-state index contributed by atoms with van der Waals surface area (Å²) in [6.07, 6.45) is 0. The van der Waals surface area contributed by atoms with Crippen LogP contribution in [-0.4, -0.2) is 12.4 Å². The molecule has 0 saturated carbocycles. The Morgan fingerprint density at radius 2 is 1.63 bits per heavy atom. The van der Waals surface area contributed by atoms with Crippen LogP contribution in [0.25, 0.3) is 11.1 Å². The summed E-state index contributed by atoms with van der Waals surface area (Å²) >= 11 is 6.06. The number of carbonyl (C=O) groups is 2. The third-order valence-corrected chi connectivity index (χ3v) is 4.10. The summed E-state index contributed by atoms with van der Waals surface area (Å²) in [5, 5.41) is 2.51. The summed E-state index contributed by atoms with van der Waals surface area (Å²) in [7, 11) is 0. The number of hydrogen-bond acceptors (Lipinski definition) is 3. The Morgan fingerprint density at radius 1 is 1.00 bits per heavy atom. The van der Waals surface area contributed by atoms with Gasteiger partial charge in [0.05, 0.1) is 5.56 Å². The van der Waals surface area contributed by atoms with Gasteiger partial charge in [-0.15, -0.1) is 0 Å².